The average molecular weight is 673 g/mol. The summed E-state index contributed by atoms with van der Waals surface area (Å²) >= 11 is 0. The first kappa shape index (κ1) is 35.4. The van der Waals surface area contributed by atoms with E-state index in [9.17, 15) is 9.18 Å². The first-order chi connectivity index (χ1) is 23.7. The van der Waals surface area contributed by atoms with Gasteiger partial charge in [0.1, 0.15) is 23.1 Å². The number of carbonyl (C=O) groups excluding carboxylic acids is 1. The van der Waals surface area contributed by atoms with Crippen LogP contribution < -0.4 is 29.2 Å². The van der Waals surface area contributed by atoms with Gasteiger partial charge in [-0.2, -0.15) is 4.98 Å². The summed E-state index contributed by atoms with van der Waals surface area (Å²) in [5.74, 6) is 1.70. The minimum absolute atomic E-state index is 0.178. The molecule has 0 spiro atoms. The molecule has 0 bridgehead atoms. The van der Waals surface area contributed by atoms with Gasteiger partial charge in [-0.15, -0.1) is 0 Å². The molecule has 0 aliphatic carbocycles. The minimum Gasteiger partial charge on any atom is -0.493 e. The van der Waals surface area contributed by atoms with Crippen LogP contribution in [0.15, 0.2) is 66.9 Å². The molecule has 2 heterocycles. The molecule has 1 aliphatic rings. The lowest BCUT2D eigenvalue weighted by Crippen LogP contribution is -2.44. The zero-order chi connectivity index (χ0) is 34.8. The number of hydrogen-bond donors (Lipinski definition) is 1. The smallest absolute Gasteiger partial charge is 0.425 e. The second-order valence-electron chi connectivity index (χ2n) is 12.0. The fourth-order valence-corrected chi connectivity index (χ4v) is 5.48. The molecule has 5 rings (SSSR count). The summed E-state index contributed by atoms with van der Waals surface area (Å²) in [4.78, 5) is 29.1. The maximum absolute atomic E-state index is 14.4. The fourth-order valence-electron chi connectivity index (χ4n) is 5.48. The number of ether oxygens (including phenoxy) is 4. The number of halogens is 1. The number of hydrogen-bond acceptors (Lipinski definition) is 10. The van der Waals surface area contributed by atoms with Crippen LogP contribution in [0.4, 0.5) is 32.3 Å². The molecule has 11 nitrogen and oxygen atoms in total. The molecular formula is C37H45FN6O5. The van der Waals surface area contributed by atoms with Crippen molar-refractivity contribution in [3.63, 3.8) is 0 Å². The summed E-state index contributed by atoms with van der Waals surface area (Å²) in [6, 6.07) is 16.6. The van der Waals surface area contributed by atoms with E-state index in [4.69, 9.17) is 18.9 Å². The normalized spacial score (nSPS) is 13.5. The highest BCUT2D eigenvalue weighted by Crippen LogP contribution is 2.37. The topological polar surface area (TPSA) is 102 Å². The van der Waals surface area contributed by atoms with Gasteiger partial charge in [0.2, 0.25) is 5.95 Å². The van der Waals surface area contributed by atoms with Crippen molar-refractivity contribution in [2.24, 2.45) is 0 Å². The van der Waals surface area contributed by atoms with Crippen LogP contribution in [0, 0.1) is 19.7 Å². The van der Waals surface area contributed by atoms with Gasteiger partial charge in [0, 0.05) is 62.8 Å². The van der Waals surface area contributed by atoms with Crippen LogP contribution in [-0.4, -0.2) is 86.0 Å². The molecule has 0 radical (unpaired) electrons. The van der Waals surface area contributed by atoms with Crippen LogP contribution >= 0.6 is 0 Å². The predicted octanol–water partition coefficient (Wildman–Crippen LogP) is 7.13. The lowest BCUT2D eigenvalue weighted by atomic mass is 10.1. The number of para-hydroxylation sites is 1. The van der Waals surface area contributed by atoms with Gasteiger partial charge >= 0.3 is 6.09 Å². The van der Waals surface area contributed by atoms with Crippen molar-refractivity contribution in [2.45, 2.75) is 33.6 Å². The number of anilines is 4. The van der Waals surface area contributed by atoms with E-state index in [0.717, 1.165) is 50.3 Å². The maximum Gasteiger partial charge on any atom is 0.425 e. The van der Waals surface area contributed by atoms with E-state index in [1.54, 1.807) is 19.2 Å². The Morgan fingerprint density at radius 1 is 0.939 bits per heavy atom. The number of nitrogens with zero attached hydrogens (tertiary/aromatic N) is 5. The Labute approximate surface area is 287 Å². The molecule has 0 saturated carbocycles. The number of aromatic nitrogens is 2. The maximum atomic E-state index is 14.4. The molecule has 1 N–H and O–H groups in total. The van der Waals surface area contributed by atoms with Gasteiger partial charge in [-0.05, 0) is 69.1 Å². The van der Waals surface area contributed by atoms with E-state index in [2.05, 4.69) is 32.1 Å². The molecule has 1 fully saturated rings. The van der Waals surface area contributed by atoms with Gasteiger partial charge in [0.25, 0.3) is 0 Å². The predicted molar refractivity (Wildman–Crippen MR) is 189 cm³/mol. The highest BCUT2D eigenvalue weighted by Gasteiger charge is 2.27. The van der Waals surface area contributed by atoms with Crippen LogP contribution in [0.3, 0.4) is 0 Å². The molecule has 0 atom stereocenters. The third-order valence-corrected chi connectivity index (χ3v) is 8.17. The number of rotatable bonds is 14. The van der Waals surface area contributed by atoms with Crippen LogP contribution in [0.25, 0.3) is 0 Å². The zero-order valence-electron chi connectivity index (χ0n) is 28.9. The van der Waals surface area contributed by atoms with Crippen molar-refractivity contribution in [1.82, 2.24) is 19.8 Å². The number of methoxy groups -OCH3 is 1. The van der Waals surface area contributed by atoms with Crippen LogP contribution in [0.2, 0.25) is 0 Å². The third kappa shape index (κ3) is 9.36. The van der Waals surface area contributed by atoms with Crippen LogP contribution in [0.1, 0.15) is 30.9 Å². The van der Waals surface area contributed by atoms with Crippen molar-refractivity contribution in [3.05, 3.63) is 83.8 Å². The Morgan fingerprint density at radius 3 is 2.43 bits per heavy atom. The van der Waals surface area contributed by atoms with Gasteiger partial charge < -0.3 is 34.1 Å². The number of nitrogens with one attached hydrogen (secondary N) is 1. The molecule has 4 aromatic rings. The number of benzene rings is 3. The largest absolute Gasteiger partial charge is 0.493 e. The fraction of sp³-hybridized carbons (Fsp3) is 0.378. The second kappa shape index (κ2) is 16.9. The van der Waals surface area contributed by atoms with Crippen molar-refractivity contribution in [3.8, 4) is 23.0 Å². The number of carbonyl (C=O) groups is 1. The summed E-state index contributed by atoms with van der Waals surface area (Å²) < 4.78 is 37.9. The molecule has 260 valence electrons. The highest BCUT2D eigenvalue weighted by molar-refractivity contribution is 5.98. The van der Waals surface area contributed by atoms with Crippen LogP contribution in [-0.2, 0) is 0 Å². The summed E-state index contributed by atoms with van der Waals surface area (Å²) in [6.07, 6.45) is 2.38. The molecule has 49 heavy (non-hydrogen) atoms. The quantitative estimate of drug-likeness (QED) is 0.139. The average Bonchev–Trinajstić information content (AvgIpc) is 3.09. The van der Waals surface area contributed by atoms with Crippen molar-refractivity contribution < 1.29 is 28.1 Å². The lowest BCUT2D eigenvalue weighted by molar-refractivity contribution is 0.145. The molecule has 1 saturated heterocycles. The monoisotopic (exact) mass is 672 g/mol. The van der Waals surface area contributed by atoms with Crippen molar-refractivity contribution >= 4 is 29.2 Å². The second-order valence-corrected chi connectivity index (χ2v) is 12.0. The molecule has 1 amide bonds. The van der Waals surface area contributed by atoms with E-state index in [-0.39, 0.29) is 23.2 Å². The number of amides is 1. The Hall–Kier alpha value is -4.94. The summed E-state index contributed by atoms with van der Waals surface area (Å²) in [5.41, 5.74) is 2.50. The van der Waals surface area contributed by atoms with Crippen molar-refractivity contribution in [2.75, 3.05) is 70.3 Å². The van der Waals surface area contributed by atoms with Gasteiger partial charge in [0.15, 0.2) is 11.5 Å². The molecule has 0 unspecified atom stereocenters. The first-order valence-corrected chi connectivity index (χ1v) is 16.6. The highest BCUT2D eigenvalue weighted by atomic mass is 19.1. The minimum atomic E-state index is -0.745. The summed E-state index contributed by atoms with van der Waals surface area (Å²) in [6.45, 7) is 11.9. The van der Waals surface area contributed by atoms with Gasteiger partial charge in [0.05, 0.1) is 26.0 Å². The van der Waals surface area contributed by atoms with E-state index in [1.807, 2.05) is 51.1 Å². The standard InChI is InChI=1S/C37H45FN6O5/c1-6-22-47-32-24-28(38)11-13-30(32)44(37(45)49-35-26(2)9-7-10-27(35)3)34-15-16-39-36(41-34)40-29-12-14-31(33(25-29)46-5)48-23-8-17-43-20-18-42(4)19-21-43/h7,9-16,24-25H,6,8,17-23H2,1-5H3,(H,39,40,41). The number of likely N-dealkylation sites (N-methyl/N-ethyl adjacent to an activating group) is 1. The van der Waals surface area contributed by atoms with Gasteiger partial charge in [-0.1, -0.05) is 25.1 Å². The van der Waals surface area contributed by atoms with Gasteiger partial charge in [-0.3, -0.25) is 0 Å². The summed E-state index contributed by atoms with van der Waals surface area (Å²) in [5, 5.41) is 3.19. The van der Waals surface area contributed by atoms with E-state index in [1.165, 1.54) is 29.3 Å². The number of piperazine rings is 1. The van der Waals surface area contributed by atoms with Crippen LogP contribution in [0.5, 0.6) is 23.0 Å². The Balaban J connectivity index is 1.36. The van der Waals surface area contributed by atoms with E-state index in [0.29, 0.717) is 42.6 Å². The Bertz CT molecular complexity index is 1690. The summed E-state index contributed by atoms with van der Waals surface area (Å²) in [7, 11) is 3.74. The lowest BCUT2D eigenvalue weighted by Gasteiger charge is -2.32. The van der Waals surface area contributed by atoms with Gasteiger partial charge in [-0.25, -0.2) is 19.1 Å². The number of aryl methyl sites for hydroxylation is 2. The molecular weight excluding hydrogens is 627 g/mol. The Kier molecular flexibility index (Phi) is 12.2. The molecule has 3 aromatic carbocycles. The molecule has 1 aliphatic heterocycles. The van der Waals surface area contributed by atoms with E-state index < -0.39 is 11.9 Å². The molecule has 1 aromatic heterocycles. The first-order valence-electron chi connectivity index (χ1n) is 16.6. The van der Waals surface area contributed by atoms with Crippen molar-refractivity contribution in [1.29, 1.82) is 0 Å². The molecule has 12 heteroatoms. The Morgan fingerprint density at radius 2 is 1.69 bits per heavy atom. The SMILES string of the molecule is CCCOc1cc(F)ccc1N(C(=O)Oc1c(C)cccc1C)c1ccnc(Nc2ccc(OCCCN3CCN(C)CC3)c(OC)c2)n1. The third-order valence-electron chi connectivity index (χ3n) is 8.17. The van der Waals surface area contributed by atoms with E-state index >= 15 is 0 Å². The zero-order valence-corrected chi connectivity index (χ0v) is 28.9.